The van der Waals surface area contributed by atoms with E-state index in [2.05, 4.69) is 25.9 Å². The Morgan fingerprint density at radius 3 is 3.15 bits per heavy atom. The van der Waals surface area contributed by atoms with E-state index in [1.54, 1.807) is 0 Å². The van der Waals surface area contributed by atoms with Crippen LogP contribution >= 0.6 is 15.9 Å². The molecular weight excluding hydrogens is 324 g/mol. The number of carboxylic acids is 1. The van der Waals surface area contributed by atoms with Gasteiger partial charge in [0.1, 0.15) is 5.75 Å². The highest BCUT2D eigenvalue weighted by Gasteiger charge is 2.17. The van der Waals surface area contributed by atoms with Crippen LogP contribution in [0.25, 0.3) is 11.3 Å². The van der Waals surface area contributed by atoms with E-state index in [-0.39, 0.29) is 6.42 Å². The van der Waals surface area contributed by atoms with Gasteiger partial charge in [-0.25, -0.2) is 4.98 Å². The Balaban J connectivity index is 2.02. The molecule has 0 bridgehead atoms. The first-order chi connectivity index (χ1) is 9.63. The second-order valence-corrected chi connectivity index (χ2v) is 5.45. The van der Waals surface area contributed by atoms with E-state index in [0.29, 0.717) is 16.1 Å². The lowest BCUT2D eigenvalue weighted by Gasteiger charge is -2.17. The fourth-order valence-electron chi connectivity index (χ4n) is 2.40. The summed E-state index contributed by atoms with van der Waals surface area (Å²) in [5, 5.41) is 8.96. The van der Waals surface area contributed by atoms with Gasteiger partial charge in [0.15, 0.2) is 4.73 Å². The van der Waals surface area contributed by atoms with Gasteiger partial charge in [-0.15, -0.1) is 0 Å². The van der Waals surface area contributed by atoms with Crippen molar-refractivity contribution in [1.29, 1.82) is 0 Å². The fourth-order valence-corrected chi connectivity index (χ4v) is 2.82. The van der Waals surface area contributed by atoms with Gasteiger partial charge in [0.25, 0.3) is 0 Å². The summed E-state index contributed by atoms with van der Waals surface area (Å²) in [6.45, 7) is 0.755. The molecule has 0 aliphatic carbocycles. The fraction of sp³-hybridized carbons (Fsp3) is 0.286. The second kappa shape index (κ2) is 5.28. The number of carbonyl (C=O) groups is 1. The zero-order valence-corrected chi connectivity index (χ0v) is 12.2. The van der Waals surface area contributed by atoms with Crippen molar-refractivity contribution >= 4 is 21.9 Å². The number of aryl methyl sites for hydroxylation is 1. The zero-order chi connectivity index (χ0) is 14.1. The van der Waals surface area contributed by atoms with Gasteiger partial charge in [-0.2, -0.15) is 0 Å². The normalized spacial score (nSPS) is 13.7. The molecule has 2 aromatic rings. The van der Waals surface area contributed by atoms with Crippen LogP contribution in [-0.4, -0.2) is 27.7 Å². The lowest BCUT2D eigenvalue weighted by atomic mass is 10.0. The lowest BCUT2D eigenvalue weighted by Crippen LogP contribution is -2.08. The molecule has 0 radical (unpaired) electrons. The quantitative estimate of drug-likeness (QED) is 0.903. The van der Waals surface area contributed by atoms with E-state index in [1.165, 1.54) is 0 Å². The molecule has 0 amide bonds. The van der Waals surface area contributed by atoms with Crippen LogP contribution in [0.2, 0.25) is 0 Å². The van der Waals surface area contributed by atoms with Crippen molar-refractivity contribution in [3.05, 3.63) is 34.2 Å². The van der Waals surface area contributed by atoms with Crippen molar-refractivity contribution in [2.24, 2.45) is 0 Å². The minimum absolute atomic E-state index is 0.0818. The number of benzene rings is 1. The number of aliphatic carboxylic acids is 1. The van der Waals surface area contributed by atoms with E-state index in [4.69, 9.17) is 9.84 Å². The number of imidazole rings is 1. The van der Waals surface area contributed by atoms with Crippen molar-refractivity contribution in [2.45, 2.75) is 19.3 Å². The number of hydrogen-bond acceptors (Lipinski definition) is 3. The summed E-state index contributed by atoms with van der Waals surface area (Å²) in [4.78, 5) is 18.2. The Hall–Kier alpha value is -1.82. The first-order valence-corrected chi connectivity index (χ1v) is 7.15. The smallest absolute Gasteiger partial charge is 0.309 e. The molecule has 6 heteroatoms. The van der Waals surface area contributed by atoms with Crippen LogP contribution < -0.4 is 4.74 Å². The summed E-state index contributed by atoms with van der Waals surface area (Å²) in [5.41, 5.74) is 3.33. The van der Waals surface area contributed by atoms with E-state index < -0.39 is 5.97 Å². The summed E-state index contributed by atoms with van der Waals surface area (Å²) >= 11 is 3.26. The lowest BCUT2D eigenvalue weighted by molar-refractivity contribution is -0.136. The monoisotopic (exact) mass is 336 g/mol. The minimum Gasteiger partial charge on any atom is -0.493 e. The van der Waals surface area contributed by atoms with Crippen LogP contribution in [0.15, 0.2) is 22.9 Å². The van der Waals surface area contributed by atoms with Crippen LogP contribution in [0.5, 0.6) is 5.75 Å². The summed E-state index contributed by atoms with van der Waals surface area (Å²) in [5.74, 6) is 0.0260. The number of nitrogens with zero attached hydrogens (tertiary/aromatic N) is 1. The molecule has 0 spiro atoms. The van der Waals surface area contributed by atoms with E-state index >= 15 is 0 Å². The molecule has 0 unspecified atom stereocenters. The van der Waals surface area contributed by atoms with Crippen LogP contribution in [0.4, 0.5) is 0 Å². The highest BCUT2D eigenvalue weighted by molar-refractivity contribution is 9.10. The number of aromatic amines is 1. The highest BCUT2D eigenvalue weighted by Crippen LogP contribution is 2.31. The number of nitrogens with one attached hydrogen (secondary N) is 1. The highest BCUT2D eigenvalue weighted by atomic mass is 79.9. The number of aromatic nitrogens is 2. The third-order valence-electron chi connectivity index (χ3n) is 3.26. The molecule has 1 aliphatic rings. The maximum atomic E-state index is 10.9. The van der Waals surface area contributed by atoms with Crippen molar-refractivity contribution < 1.29 is 14.6 Å². The van der Waals surface area contributed by atoms with Crippen molar-refractivity contribution in [2.75, 3.05) is 6.61 Å². The standard InChI is InChI=1S/C14H13BrN2O3/c15-14-16-10(7-12(18)19)13(17-14)9-3-4-11-8(6-9)2-1-5-20-11/h3-4,6H,1-2,5,7H2,(H,16,17)(H,18,19). The molecule has 1 aromatic carbocycles. The first kappa shape index (κ1) is 13.2. The van der Waals surface area contributed by atoms with Gasteiger partial charge < -0.3 is 14.8 Å². The molecule has 0 saturated carbocycles. The van der Waals surface area contributed by atoms with Crippen molar-refractivity contribution in [3.8, 4) is 17.0 Å². The Kier molecular flexibility index (Phi) is 3.48. The topological polar surface area (TPSA) is 75.2 Å². The number of rotatable bonds is 3. The molecular formula is C14H13BrN2O3. The molecule has 1 aromatic heterocycles. The first-order valence-electron chi connectivity index (χ1n) is 6.36. The third-order valence-corrected chi connectivity index (χ3v) is 3.64. The molecule has 2 heterocycles. The molecule has 0 saturated heterocycles. The minimum atomic E-state index is -0.885. The van der Waals surface area contributed by atoms with Crippen molar-refractivity contribution in [3.63, 3.8) is 0 Å². The SMILES string of the molecule is O=C(O)Cc1[nH]c(Br)nc1-c1ccc2c(c1)CCCO2. The predicted molar refractivity (Wildman–Crippen MR) is 76.9 cm³/mol. The number of H-pyrrole nitrogens is 1. The van der Waals surface area contributed by atoms with Gasteiger partial charge in [-0.05, 0) is 52.5 Å². The molecule has 3 rings (SSSR count). The summed E-state index contributed by atoms with van der Waals surface area (Å²) in [6, 6.07) is 5.87. The van der Waals surface area contributed by atoms with Gasteiger partial charge >= 0.3 is 5.97 Å². The molecule has 104 valence electrons. The van der Waals surface area contributed by atoms with Crippen LogP contribution in [-0.2, 0) is 17.6 Å². The Morgan fingerprint density at radius 1 is 1.50 bits per heavy atom. The third kappa shape index (κ3) is 2.56. The molecule has 0 atom stereocenters. The van der Waals surface area contributed by atoms with E-state index in [9.17, 15) is 4.79 Å². The summed E-state index contributed by atoms with van der Waals surface area (Å²) < 4.78 is 6.12. The molecule has 5 nitrogen and oxygen atoms in total. The van der Waals surface area contributed by atoms with Gasteiger partial charge in [0.2, 0.25) is 0 Å². The number of carboxylic acid groups (broad SMARTS) is 1. The maximum absolute atomic E-state index is 10.9. The average Bonchev–Trinajstić information content (AvgIpc) is 2.78. The van der Waals surface area contributed by atoms with E-state index in [0.717, 1.165) is 36.3 Å². The number of hydrogen-bond donors (Lipinski definition) is 2. The molecule has 2 N–H and O–H groups in total. The Morgan fingerprint density at radius 2 is 2.35 bits per heavy atom. The van der Waals surface area contributed by atoms with Crippen LogP contribution in [0, 0.1) is 0 Å². The largest absolute Gasteiger partial charge is 0.493 e. The summed E-state index contributed by atoms with van der Waals surface area (Å²) in [7, 11) is 0. The second-order valence-electron chi connectivity index (χ2n) is 4.70. The number of halogens is 1. The predicted octanol–water partition coefficient (Wildman–Crippen LogP) is 2.79. The number of fused-ring (bicyclic) bond motifs is 1. The van der Waals surface area contributed by atoms with Crippen LogP contribution in [0.1, 0.15) is 17.7 Å². The van der Waals surface area contributed by atoms with Gasteiger partial charge in [0, 0.05) is 5.56 Å². The van der Waals surface area contributed by atoms with Gasteiger partial charge in [-0.3, -0.25) is 4.79 Å². The average molecular weight is 337 g/mol. The van der Waals surface area contributed by atoms with Gasteiger partial charge in [0.05, 0.1) is 24.4 Å². The Bertz CT molecular complexity index is 666. The molecule has 1 aliphatic heterocycles. The zero-order valence-electron chi connectivity index (χ0n) is 10.6. The van der Waals surface area contributed by atoms with Crippen LogP contribution in [0.3, 0.4) is 0 Å². The molecule has 0 fully saturated rings. The number of ether oxygens (including phenoxy) is 1. The van der Waals surface area contributed by atoms with Gasteiger partial charge in [-0.1, -0.05) is 0 Å². The Labute approximate surface area is 124 Å². The van der Waals surface area contributed by atoms with Crippen molar-refractivity contribution in [1.82, 2.24) is 9.97 Å². The molecule has 20 heavy (non-hydrogen) atoms. The van der Waals surface area contributed by atoms with E-state index in [1.807, 2.05) is 18.2 Å². The summed E-state index contributed by atoms with van der Waals surface area (Å²) in [6.07, 6.45) is 1.90. The maximum Gasteiger partial charge on any atom is 0.309 e.